The Balaban J connectivity index is 1.45. The minimum Gasteiger partial charge on any atom is -0.497 e. The summed E-state index contributed by atoms with van der Waals surface area (Å²) in [6, 6.07) is 7.74. The lowest BCUT2D eigenvalue weighted by Crippen LogP contribution is -2.49. The van der Waals surface area contributed by atoms with E-state index in [1.807, 2.05) is 29.2 Å². The molecule has 2 aliphatic heterocycles. The number of sulfonamides is 1. The summed E-state index contributed by atoms with van der Waals surface area (Å²) < 4.78 is 39.1. The number of nitrogens with zero attached hydrogens (tertiary/aromatic N) is 3. The zero-order valence-corrected chi connectivity index (χ0v) is 21.6. The molecule has 1 atom stereocenters. The first-order chi connectivity index (χ1) is 16.8. The zero-order chi connectivity index (χ0) is 25.0. The molecule has 8 nitrogen and oxygen atoms in total. The lowest BCUT2D eigenvalue weighted by Gasteiger charge is -2.39. The summed E-state index contributed by atoms with van der Waals surface area (Å²) in [5, 5.41) is 3.93. The summed E-state index contributed by atoms with van der Waals surface area (Å²) in [6.07, 6.45) is 8.74. The average molecular weight is 502 g/mol. The van der Waals surface area contributed by atoms with E-state index in [-0.39, 0.29) is 22.5 Å². The lowest BCUT2D eigenvalue weighted by atomic mass is 9.92. The third-order valence-corrected chi connectivity index (χ3v) is 9.22. The number of benzene rings is 1. The number of likely N-dealkylation sites (tertiary alicyclic amines) is 1. The minimum atomic E-state index is -3.80. The first kappa shape index (κ1) is 25.4. The lowest BCUT2D eigenvalue weighted by molar-refractivity contribution is -0.140. The van der Waals surface area contributed by atoms with Crippen molar-refractivity contribution in [2.75, 3.05) is 26.7 Å². The molecule has 0 spiro atoms. The SMILES string of the molecule is CCC1CCCCN1C(=O)C1CCN(S(=O)(=O)c2c(C)noc2C=Cc2ccc(OC)cc2)CC1. The van der Waals surface area contributed by atoms with Gasteiger partial charge < -0.3 is 14.2 Å². The normalized spacial score (nSPS) is 20.4. The molecule has 2 saturated heterocycles. The summed E-state index contributed by atoms with van der Waals surface area (Å²) in [4.78, 5) is 15.3. The summed E-state index contributed by atoms with van der Waals surface area (Å²) in [7, 11) is -2.20. The van der Waals surface area contributed by atoms with Crippen LogP contribution < -0.4 is 4.74 Å². The van der Waals surface area contributed by atoms with Crippen LogP contribution in [0.1, 0.15) is 62.5 Å². The molecule has 0 aliphatic carbocycles. The van der Waals surface area contributed by atoms with Crippen LogP contribution >= 0.6 is 0 Å². The highest BCUT2D eigenvalue weighted by molar-refractivity contribution is 7.89. The van der Waals surface area contributed by atoms with Crippen LogP contribution in [0.4, 0.5) is 0 Å². The first-order valence-electron chi connectivity index (χ1n) is 12.4. The average Bonchev–Trinajstić information content (AvgIpc) is 3.28. The van der Waals surface area contributed by atoms with E-state index in [0.29, 0.717) is 37.7 Å². The first-order valence-corrected chi connectivity index (χ1v) is 13.9. The number of hydrogen-bond donors (Lipinski definition) is 0. The van der Waals surface area contributed by atoms with Crippen LogP contribution in [0.3, 0.4) is 0 Å². The van der Waals surface area contributed by atoms with Gasteiger partial charge >= 0.3 is 0 Å². The molecule has 3 heterocycles. The van der Waals surface area contributed by atoms with Gasteiger partial charge in [0, 0.05) is 31.6 Å². The maximum Gasteiger partial charge on any atom is 0.248 e. The predicted octanol–water partition coefficient (Wildman–Crippen LogP) is 4.35. The van der Waals surface area contributed by atoms with Crippen LogP contribution in [0, 0.1) is 12.8 Å². The molecular weight excluding hydrogens is 466 g/mol. The fourth-order valence-electron chi connectivity index (χ4n) is 5.11. The predicted molar refractivity (Wildman–Crippen MR) is 134 cm³/mol. The van der Waals surface area contributed by atoms with Gasteiger partial charge in [0.2, 0.25) is 15.9 Å². The second kappa shape index (κ2) is 11.0. The molecule has 2 fully saturated rings. The number of hydrogen-bond acceptors (Lipinski definition) is 6. The molecule has 4 rings (SSSR count). The van der Waals surface area contributed by atoms with Crippen molar-refractivity contribution in [2.24, 2.45) is 5.92 Å². The van der Waals surface area contributed by atoms with Gasteiger partial charge in [0.1, 0.15) is 11.4 Å². The highest BCUT2D eigenvalue weighted by Crippen LogP contribution is 2.31. The largest absolute Gasteiger partial charge is 0.497 e. The van der Waals surface area contributed by atoms with Crippen LogP contribution in [0.25, 0.3) is 12.2 Å². The van der Waals surface area contributed by atoms with Gasteiger partial charge in [-0.3, -0.25) is 4.79 Å². The number of carbonyl (C=O) groups is 1. The van der Waals surface area contributed by atoms with Gasteiger partial charge in [-0.15, -0.1) is 0 Å². The molecule has 0 saturated carbocycles. The van der Waals surface area contributed by atoms with Crippen LogP contribution in [0.5, 0.6) is 5.75 Å². The molecule has 35 heavy (non-hydrogen) atoms. The second-order valence-corrected chi connectivity index (χ2v) is 11.2. The number of rotatable bonds is 7. The number of ether oxygens (including phenoxy) is 1. The topological polar surface area (TPSA) is 93.0 Å². The molecule has 0 bridgehead atoms. The van der Waals surface area contributed by atoms with E-state index in [0.717, 1.165) is 37.1 Å². The van der Waals surface area contributed by atoms with E-state index in [4.69, 9.17) is 9.26 Å². The standard InChI is InChI=1S/C26H35N3O5S/c1-4-22-7-5-6-16-29(22)26(30)21-14-17-28(18-15-21)35(31,32)25-19(2)27-34-24(25)13-10-20-8-11-23(33-3)12-9-20/h8-13,21-22H,4-7,14-18H2,1-3H3. The van der Waals surface area contributed by atoms with Gasteiger partial charge in [0.25, 0.3) is 0 Å². The van der Waals surface area contributed by atoms with E-state index in [2.05, 4.69) is 12.1 Å². The molecule has 1 aromatic heterocycles. The summed E-state index contributed by atoms with van der Waals surface area (Å²) in [6.45, 7) is 5.22. The second-order valence-electron chi connectivity index (χ2n) is 9.34. The van der Waals surface area contributed by atoms with Crippen molar-refractivity contribution in [3.8, 4) is 5.75 Å². The number of methoxy groups -OCH3 is 1. The quantitative estimate of drug-likeness (QED) is 0.560. The minimum absolute atomic E-state index is 0.0918. The molecule has 1 unspecified atom stereocenters. The maximum atomic E-state index is 13.5. The van der Waals surface area contributed by atoms with Crippen molar-refractivity contribution in [3.05, 3.63) is 41.3 Å². The third kappa shape index (κ3) is 5.46. The monoisotopic (exact) mass is 501 g/mol. The molecule has 2 aromatic rings. The van der Waals surface area contributed by atoms with Crippen molar-refractivity contribution in [1.82, 2.24) is 14.4 Å². The number of carbonyl (C=O) groups excluding carboxylic acids is 1. The van der Waals surface area contributed by atoms with E-state index in [9.17, 15) is 13.2 Å². The van der Waals surface area contributed by atoms with Crippen molar-refractivity contribution in [2.45, 2.75) is 63.3 Å². The van der Waals surface area contributed by atoms with Crippen LogP contribution in [-0.2, 0) is 14.8 Å². The van der Waals surface area contributed by atoms with E-state index < -0.39 is 10.0 Å². The highest BCUT2D eigenvalue weighted by Gasteiger charge is 2.38. The Hall–Kier alpha value is -2.65. The fraction of sp³-hybridized carbons (Fsp3) is 0.538. The summed E-state index contributed by atoms with van der Waals surface area (Å²) >= 11 is 0. The van der Waals surface area contributed by atoms with Crippen molar-refractivity contribution < 1.29 is 22.5 Å². The van der Waals surface area contributed by atoms with Gasteiger partial charge in [-0.1, -0.05) is 30.3 Å². The van der Waals surface area contributed by atoms with Crippen molar-refractivity contribution in [1.29, 1.82) is 0 Å². The Labute approximate surface area is 208 Å². The number of piperidine rings is 2. The highest BCUT2D eigenvalue weighted by atomic mass is 32.2. The number of aromatic nitrogens is 1. The van der Waals surface area contributed by atoms with Crippen molar-refractivity contribution in [3.63, 3.8) is 0 Å². The van der Waals surface area contributed by atoms with Gasteiger partial charge in [-0.2, -0.15) is 4.31 Å². The van der Waals surface area contributed by atoms with Gasteiger partial charge in [-0.05, 0) is 69.2 Å². The molecule has 2 aliphatic rings. The Kier molecular flexibility index (Phi) is 7.96. The van der Waals surface area contributed by atoms with Gasteiger partial charge in [0.15, 0.2) is 10.7 Å². The maximum absolute atomic E-state index is 13.5. The number of amides is 1. The Morgan fingerprint density at radius 1 is 1.11 bits per heavy atom. The molecular formula is C26H35N3O5S. The van der Waals surface area contributed by atoms with Crippen LogP contribution in [-0.4, -0.2) is 61.5 Å². The fourth-order valence-corrected chi connectivity index (χ4v) is 6.83. The van der Waals surface area contributed by atoms with Gasteiger partial charge in [-0.25, -0.2) is 8.42 Å². The number of aryl methyl sites for hydroxylation is 1. The Morgan fingerprint density at radius 2 is 1.83 bits per heavy atom. The molecule has 0 radical (unpaired) electrons. The van der Waals surface area contributed by atoms with E-state index in [1.165, 1.54) is 10.7 Å². The molecule has 9 heteroatoms. The summed E-state index contributed by atoms with van der Waals surface area (Å²) in [5.41, 5.74) is 1.21. The zero-order valence-electron chi connectivity index (χ0n) is 20.8. The molecule has 0 N–H and O–H groups in total. The molecule has 190 valence electrons. The summed E-state index contributed by atoms with van der Waals surface area (Å²) in [5.74, 6) is 1.02. The Morgan fingerprint density at radius 3 is 2.49 bits per heavy atom. The Bertz CT molecular complexity index is 1150. The smallest absolute Gasteiger partial charge is 0.248 e. The van der Waals surface area contributed by atoms with Crippen molar-refractivity contribution >= 4 is 28.1 Å². The third-order valence-electron chi connectivity index (χ3n) is 7.16. The van der Waals surface area contributed by atoms with E-state index >= 15 is 0 Å². The van der Waals surface area contributed by atoms with Crippen LogP contribution in [0.2, 0.25) is 0 Å². The van der Waals surface area contributed by atoms with Crippen LogP contribution in [0.15, 0.2) is 33.7 Å². The molecule has 1 aromatic carbocycles. The van der Waals surface area contributed by atoms with E-state index in [1.54, 1.807) is 26.2 Å². The van der Waals surface area contributed by atoms with Gasteiger partial charge in [0.05, 0.1) is 7.11 Å². The molecule has 1 amide bonds.